The summed E-state index contributed by atoms with van der Waals surface area (Å²) >= 11 is 0. The number of para-hydroxylation sites is 1. The topological polar surface area (TPSA) is 12.5 Å². The second kappa shape index (κ2) is 13.4. The minimum atomic E-state index is -0.639. The first kappa shape index (κ1) is 38.3. The Balaban J connectivity index is 1.23. The van der Waals surface area contributed by atoms with Crippen LogP contribution in [0.25, 0.3) is 33.4 Å². The van der Waals surface area contributed by atoms with E-state index < -0.39 is 5.41 Å². The molecule has 11 rings (SSSR count). The molecule has 0 radical (unpaired) electrons. The highest BCUT2D eigenvalue weighted by atomic mass is 16.5. The molecule has 304 valence electrons. The van der Waals surface area contributed by atoms with Crippen LogP contribution >= 0.6 is 0 Å². The quantitative estimate of drug-likeness (QED) is 0.176. The van der Waals surface area contributed by atoms with Gasteiger partial charge in [0.05, 0.1) is 11.1 Å². The van der Waals surface area contributed by atoms with Crippen molar-refractivity contribution in [2.75, 3.05) is 4.90 Å². The van der Waals surface area contributed by atoms with E-state index in [1.54, 1.807) is 0 Å². The summed E-state index contributed by atoms with van der Waals surface area (Å²) < 4.78 is 6.99. The van der Waals surface area contributed by atoms with Crippen molar-refractivity contribution < 1.29 is 4.74 Å². The first-order valence-electron chi connectivity index (χ1n) is 22.2. The summed E-state index contributed by atoms with van der Waals surface area (Å²) in [6.45, 7) is 18.6. The van der Waals surface area contributed by atoms with E-state index >= 15 is 0 Å². The molecule has 0 amide bonds. The van der Waals surface area contributed by atoms with Crippen LogP contribution in [0.3, 0.4) is 0 Å². The molecule has 8 aromatic carbocycles. The van der Waals surface area contributed by atoms with Gasteiger partial charge in [-0.1, -0.05) is 177 Å². The molecule has 2 nitrogen and oxygen atoms in total. The predicted molar refractivity (Wildman–Crippen MR) is 259 cm³/mol. The normalized spacial score (nSPS) is 14.8. The minimum Gasteiger partial charge on any atom is -0.457 e. The van der Waals surface area contributed by atoms with Gasteiger partial charge in [-0.05, 0) is 127 Å². The molecule has 0 unspecified atom stereocenters. The number of anilines is 3. The number of rotatable bonds is 4. The average Bonchev–Trinajstić information content (AvgIpc) is 3.68. The summed E-state index contributed by atoms with van der Waals surface area (Å²) in [4.78, 5) is 2.51. The van der Waals surface area contributed by atoms with Crippen LogP contribution in [0.1, 0.15) is 99.9 Å². The molecule has 0 N–H and O–H groups in total. The zero-order valence-electron chi connectivity index (χ0n) is 37.1. The average molecular weight is 804 g/mol. The zero-order valence-corrected chi connectivity index (χ0v) is 37.1. The van der Waals surface area contributed by atoms with Crippen LogP contribution in [0.2, 0.25) is 0 Å². The monoisotopic (exact) mass is 803 g/mol. The van der Waals surface area contributed by atoms with Crippen LogP contribution in [0.4, 0.5) is 17.1 Å². The molecule has 1 spiro atoms. The van der Waals surface area contributed by atoms with E-state index in [-0.39, 0.29) is 16.2 Å². The number of nitrogens with zero attached hydrogens (tertiary/aromatic N) is 1. The Kier molecular flexibility index (Phi) is 8.29. The lowest BCUT2D eigenvalue weighted by Crippen LogP contribution is -2.33. The van der Waals surface area contributed by atoms with Crippen LogP contribution in [-0.2, 0) is 21.7 Å². The first-order valence-corrected chi connectivity index (χ1v) is 22.2. The maximum absolute atomic E-state index is 6.99. The van der Waals surface area contributed by atoms with Gasteiger partial charge in [-0.3, -0.25) is 0 Å². The fourth-order valence-electron chi connectivity index (χ4n) is 10.8. The highest BCUT2D eigenvalue weighted by Crippen LogP contribution is 2.64. The largest absolute Gasteiger partial charge is 0.457 e. The van der Waals surface area contributed by atoms with Crippen molar-refractivity contribution in [2.45, 2.75) is 77.0 Å². The van der Waals surface area contributed by atoms with Crippen LogP contribution in [-0.4, -0.2) is 0 Å². The smallest absolute Gasteiger partial charge is 0.132 e. The number of ether oxygens (including phenoxy) is 1. The van der Waals surface area contributed by atoms with E-state index in [4.69, 9.17) is 4.74 Å². The Morgan fingerprint density at radius 2 is 0.855 bits per heavy atom. The second-order valence-electron chi connectivity index (χ2n) is 20.2. The Morgan fingerprint density at radius 3 is 1.45 bits per heavy atom. The van der Waals surface area contributed by atoms with Gasteiger partial charge < -0.3 is 9.64 Å². The third-order valence-electron chi connectivity index (χ3n) is 14.1. The fraction of sp³-hybridized carbons (Fsp3) is 0.200. The molecule has 1 aliphatic heterocycles. The third kappa shape index (κ3) is 5.55. The van der Waals surface area contributed by atoms with Gasteiger partial charge in [0.1, 0.15) is 11.5 Å². The molecule has 0 saturated heterocycles. The Morgan fingerprint density at radius 1 is 0.387 bits per heavy atom. The maximum atomic E-state index is 6.99. The molecule has 8 aromatic rings. The van der Waals surface area contributed by atoms with Crippen LogP contribution in [0.5, 0.6) is 11.5 Å². The van der Waals surface area contributed by atoms with Gasteiger partial charge in [0, 0.05) is 33.5 Å². The van der Waals surface area contributed by atoms with Gasteiger partial charge in [-0.15, -0.1) is 0 Å². The second-order valence-corrected chi connectivity index (χ2v) is 20.2. The van der Waals surface area contributed by atoms with Crippen molar-refractivity contribution in [3.63, 3.8) is 0 Å². The highest BCUT2D eigenvalue weighted by Gasteiger charge is 2.52. The predicted octanol–water partition coefficient (Wildman–Crippen LogP) is 16.2. The maximum Gasteiger partial charge on any atom is 0.132 e. The lowest BCUT2D eigenvalue weighted by molar-refractivity contribution is 0.433. The van der Waals surface area contributed by atoms with Crippen LogP contribution < -0.4 is 9.64 Å². The summed E-state index contributed by atoms with van der Waals surface area (Å²) in [6.07, 6.45) is 0. The van der Waals surface area contributed by atoms with Crippen molar-refractivity contribution in [3.05, 3.63) is 220 Å². The van der Waals surface area contributed by atoms with Crippen LogP contribution in [0, 0.1) is 0 Å². The first-order chi connectivity index (χ1) is 29.8. The molecule has 1 heterocycles. The summed E-state index contributed by atoms with van der Waals surface area (Å²) in [7, 11) is 0. The van der Waals surface area contributed by atoms with E-state index in [1.807, 2.05) is 0 Å². The zero-order chi connectivity index (χ0) is 42.8. The number of hydrogen-bond acceptors (Lipinski definition) is 2. The standard InChI is InChI=1S/C60H53NO/c1-57(2,3)39-26-32-55-52(34-39)60(53-35-40(58(4,5)6)27-33-56(53)62-55)49-24-16-13-22-45(49)47-31-29-42(37-51(47)60)61(54-25-17-14-20-43(54)38-18-10-9-11-19-38)41-28-30-46-44-21-12-15-23-48(44)59(7,8)50(46)36-41/h9-37H,1-8H3. The molecular formula is C60H53NO. The molecule has 62 heavy (non-hydrogen) atoms. The molecule has 2 aliphatic carbocycles. The lowest BCUT2D eigenvalue weighted by Gasteiger charge is -2.41. The molecule has 0 saturated carbocycles. The summed E-state index contributed by atoms with van der Waals surface area (Å²) in [5, 5.41) is 0. The van der Waals surface area contributed by atoms with Gasteiger partial charge in [0.15, 0.2) is 0 Å². The van der Waals surface area contributed by atoms with Gasteiger partial charge in [-0.2, -0.15) is 0 Å². The summed E-state index contributed by atoms with van der Waals surface area (Å²) in [5.41, 5.74) is 20.3. The molecule has 0 fully saturated rings. The van der Waals surface area contributed by atoms with E-state index in [9.17, 15) is 0 Å². The number of hydrogen-bond donors (Lipinski definition) is 0. The Bertz CT molecular complexity index is 3040. The van der Waals surface area contributed by atoms with Gasteiger partial charge in [-0.25, -0.2) is 0 Å². The van der Waals surface area contributed by atoms with Crippen molar-refractivity contribution >= 4 is 17.1 Å². The van der Waals surface area contributed by atoms with E-state index in [0.717, 1.165) is 28.6 Å². The van der Waals surface area contributed by atoms with E-state index in [1.165, 1.54) is 77.9 Å². The fourth-order valence-corrected chi connectivity index (χ4v) is 10.8. The molecular weight excluding hydrogens is 751 g/mol. The molecule has 0 atom stereocenters. The number of fused-ring (bicyclic) bond motifs is 12. The summed E-state index contributed by atoms with van der Waals surface area (Å²) in [5.74, 6) is 1.82. The molecule has 2 heteroatoms. The lowest BCUT2D eigenvalue weighted by atomic mass is 9.64. The van der Waals surface area contributed by atoms with Gasteiger partial charge in [0.25, 0.3) is 0 Å². The Hall–Kier alpha value is -6.64. The van der Waals surface area contributed by atoms with Crippen molar-refractivity contribution in [1.82, 2.24) is 0 Å². The van der Waals surface area contributed by atoms with E-state index in [0.29, 0.717) is 0 Å². The Labute approximate surface area is 367 Å². The molecule has 0 bridgehead atoms. The van der Waals surface area contributed by atoms with Gasteiger partial charge >= 0.3 is 0 Å². The molecule has 3 aliphatic rings. The van der Waals surface area contributed by atoms with Crippen molar-refractivity contribution in [1.29, 1.82) is 0 Å². The van der Waals surface area contributed by atoms with E-state index in [2.05, 4.69) is 236 Å². The number of benzene rings is 8. The van der Waals surface area contributed by atoms with Crippen molar-refractivity contribution in [2.24, 2.45) is 0 Å². The van der Waals surface area contributed by atoms with Gasteiger partial charge in [0.2, 0.25) is 0 Å². The third-order valence-corrected chi connectivity index (χ3v) is 14.1. The van der Waals surface area contributed by atoms with Crippen molar-refractivity contribution in [3.8, 4) is 44.9 Å². The molecule has 0 aromatic heterocycles. The summed E-state index contributed by atoms with van der Waals surface area (Å²) in [6, 6.07) is 66.0. The minimum absolute atomic E-state index is 0.0640. The highest BCUT2D eigenvalue weighted by molar-refractivity contribution is 5.94. The van der Waals surface area contributed by atoms with Crippen LogP contribution in [0.15, 0.2) is 176 Å². The SMILES string of the molecule is CC(C)(C)c1ccc2c(c1)C1(c3cc(C(C)(C)C)ccc3O2)c2ccccc2-c2ccc(N(c3ccc4c(c3)C(C)(C)c3ccccc3-4)c3ccccc3-c3ccccc3)cc21.